The highest BCUT2D eigenvalue weighted by atomic mass is 32.2. The van der Waals surface area contributed by atoms with E-state index in [0.29, 0.717) is 0 Å². The molecule has 0 aromatic heterocycles. The van der Waals surface area contributed by atoms with Gasteiger partial charge >= 0.3 is 0 Å². The van der Waals surface area contributed by atoms with Crippen LogP contribution < -0.4 is 5.32 Å². The minimum atomic E-state index is 0.720. The van der Waals surface area contributed by atoms with E-state index in [1.807, 2.05) is 11.8 Å². The zero-order chi connectivity index (χ0) is 12.4. The lowest BCUT2D eigenvalue weighted by atomic mass is 10.00. The SMILES string of the molecule is CC1CCNCCN1CC1CSc2ccccc21. The molecule has 0 amide bonds. The summed E-state index contributed by atoms with van der Waals surface area (Å²) >= 11 is 2.03. The van der Waals surface area contributed by atoms with Crippen LogP contribution in [-0.4, -0.2) is 42.9 Å². The Morgan fingerprint density at radius 2 is 2.22 bits per heavy atom. The van der Waals surface area contributed by atoms with Crippen LogP contribution in [0.3, 0.4) is 0 Å². The highest BCUT2D eigenvalue weighted by molar-refractivity contribution is 7.99. The summed E-state index contributed by atoms with van der Waals surface area (Å²) in [6.45, 7) is 7.12. The fourth-order valence-corrected chi connectivity index (χ4v) is 4.24. The lowest BCUT2D eigenvalue weighted by Crippen LogP contribution is -2.37. The number of nitrogens with zero attached hydrogens (tertiary/aromatic N) is 1. The Labute approximate surface area is 114 Å². The van der Waals surface area contributed by atoms with Crippen LogP contribution in [0.2, 0.25) is 0 Å². The van der Waals surface area contributed by atoms with E-state index in [4.69, 9.17) is 0 Å². The highest BCUT2D eigenvalue weighted by Crippen LogP contribution is 2.39. The molecular weight excluding hydrogens is 240 g/mol. The van der Waals surface area contributed by atoms with E-state index in [-0.39, 0.29) is 0 Å². The molecule has 0 spiro atoms. The van der Waals surface area contributed by atoms with Gasteiger partial charge < -0.3 is 5.32 Å². The molecule has 3 heteroatoms. The van der Waals surface area contributed by atoms with Crippen LogP contribution in [-0.2, 0) is 0 Å². The molecule has 2 nitrogen and oxygen atoms in total. The first-order valence-corrected chi connectivity index (χ1v) is 7.99. The molecule has 2 heterocycles. The van der Waals surface area contributed by atoms with Crippen LogP contribution in [0.25, 0.3) is 0 Å². The Morgan fingerprint density at radius 3 is 3.17 bits per heavy atom. The van der Waals surface area contributed by atoms with Crippen LogP contribution in [0.1, 0.15) is 24.8 Å². The molecule has 1 aromatic rings. The monoisotopic (exact) mass is 262 g/mol. The van der Waals surface area contributed by atoms with Crippen molar-refractivity contribution in [3.63, 3.8) is 0 Å². The zero-order valence-corrected chi connectivity index (χ0v) is 11.9. The molecule has 2 unspecified atom stereocenters. The number of nitrogens with one attached hydrogen (secondary N) is 1. The molecule has 3 rings (SSSR count). The van der Waals surface area contributed by atoms with Gasteiger partial charge in [0, 0.05) is 42.2 Å². The number of fused-ring (bicyclic) bond motifs is 1. The number of hydrogen-bond acceptors (Lipinski definition) is 3. The maximum absolute atomic E-state index is 3.50. The third-order valence-corrected chi connectivity index (χ3v) is 5.44. The smallest absolute Gasteiger partial charge is 0.0110 e. The van der Waals surface area contributed by atoms with E-state index in [0.717, 1.165) is 18.5 Å². The summed E-state index contributed by atoms with van der Waals surface area (Å²) in [7, 11) is 0. The first kappa shape index (κ1) is 12.5. The third-order valence-electron chi connectivity index (χ3n) is 4.19. The standard InChI is InChI=1S/C15H22N2S/c1-12-6-7-16-8-9-17(12)10-13-11-18-15-5-3-2-4-14(13)15/h2-5,12-13,16H,6-11H2,1H3. The van der Waals surface area contributed by atoms with Gasteiger partial charge in [-0.3, -0.25) is 4.90 Å². The summed E-state index contributed by atoms with van der Waals surface area (Å²) in [4.78, 5) is 4.18. The van der Waals surface area contributed by atoms with Crippen LogP contribution in [0.5, 0.6) is 0 Å². The third kappa shape index (κ3) is 2.58. The molecule has 2 aliphatic heterocycles. The van der Waals surface area contributed by atoms with Crippen molar-refractivity contribution in [3.05, 3.63) is 29.8 Å². The highest BCUT2D eigenvalue weighted by Gasteiger charge is 2.26. The van der Waals surface area contributed by atoms with E-state index >= 15 is 0 Å². The largest absolute Gasteiger partial charge is 0.315 e. The molecule has 98 valence electrons. The lowest BCUT2D eigenvalue weighted by Gasteiger charge is -2.29. The summed E-state index contributed by atoms with van der Waals surface area (Å²) in [5.41, 5.74) is 1.58. The van der Waals surface area contributed by atoms with Crippen LogP contribution >= 0.6 is 11.8 Å². The second kappa shape index (κ2) is 5.64. The van der Waals surface area contributed by atoms with Crippen LogP contribution in [0.4, 0.5) is 0 Å². The molecule has 18 heavy (non-hydrogen) atoms. The van der Waals surface area contributed by atoms with Gasteiger partial charge in [-0.15, -0.1) is 11.8 Å². The molecule has 1 fully saturated rings. The van der Waals surface area contributed by atoms with Crippen molar-refractivity contribution < 1.29 is 0 Å². The van der Waals surface area contributed by atoms with E-state index in [2.05, 4.69) is 41.4 Å². The minimum absolute atomic E-state index is 0.720. The van der Waals surface area contributed by atoms with Gasteiger partial charge in [-0.2, -0.15) is 0 Å². The predicted octanol–water partition coefficient (Wildman–Crippen LogP) is 2.56. The van der Waals surface area contributed by atoms with Crippen molar-refractivity contribution in [2.45, 2.75) is 30.2 Å². The molecule has 1 saturated heterocycles. The molecule has 0 aliphatic carbocycles. The predicted molar refractivity (Wildman–Crippen MR) is 78.4 cm³/mol. The van der Waals surface area contributed by atoms with Crippen molar-refractivity contribution in [1.29, 1.82) is 0 Å². The fraction of sp³-hybridized carbons (Fsp3) is 0.600. The molecular formula is C15H22N2S. The van der Waals surface area contributed by atoms with Gasteiger partial charge in [0.25, 0.3) is 0 Å². The number of benzene rings is 1. The Bertz CT molecular complexity index is 407. The van der Waals surface area contributed by atoms with Gasteiger partial charge in [0.15, 0.2) is 0 Å². The quantitative estimate of drug-likeness (QED) is 0.882. The minimum Gasteiger partial charge on any atom is -0.315 e. The topological polar surface area (TPSA) is 15.3 Å². The molecule has 0 bridgehead atoms. The van der Waals surface area contributed by atoms with Crippen molar-refractivity contribution >= 4 is 11.8 Å². The Hall–Kier alpha value is -0.510. The first-order chi connectivity index (χ1) is 8.84. The van der Waals surface area contributed by atoms with Gasteiger partial charge in [-0.25, -0.2) is 0 Å². The molecule has 0 radical (unpaired) electrons. The van der Waals surface area contributed by atoms with Crippen molar-refractivity contribution in [2.24, 2.45) is 0 Å². The van der Waals surface area contributed by atoms with Crippen molar-refractivity contribution in [1.82, 2.24) is 10.2 Å². The Morgan fingerprint density at radius 1 is 1.33 bits per heavy atom. The van der Waals surface area contributed by atoms with Gasteiger partial charge in [-0.05, 0) is 31.5 Å². The molecule has 1 N–H and O–H groups in total. The Balaban J connectivity index is 1.70. The number of rotatable bonds is 2. The van der Waals surface area contributed by atoms with E-state index in [1.165, 1.54) is 36.7 Å². The van der Waals surface area contributed by atoms with Crippen molar-refractivity contribution in [3.8, 4) is 0 Å². The summed E-state index contributed by atoms with van der Waals surface area (Å²) in [6, 6.07) is 9.66. The maximum atomic E-state index is 3.50. The van der Waals surface area contributed by atoms with E-state index in [1.54, 1.807) is 5.56 Å². The van der Waals surface area contributed by atoms with Gasteiger partial charge in [0.2, 0.25) is 0 Å². The second-order valence-electron chi connectivity index (χ2n) is 5.43. The van der Waals surface area contributed by atoms with Gasteiger partial charge in [0.1, 0.15) is 0 Å². The van der Waals surface area contributed by atoms with Crippen molar-refractivity contribution in [2.75, 3.05) is 31.9 Å². The van der Waals surface area contributed by atoms with E-state index in [9.17, 15) is 0 Å². The summed E-state index contributed by atoms with van der Waals surface area (Å²) in [5, 5.41) is 3.50. The van der Waals surface area contributed by atoms with Crippen LogP contribution in [0.15, 0.2) is 29.2 Å². The molecule has 0 saturated carbocycles. The number of hydrogen-bond donors (Lipinski definition) is 1. The fourth-order valence-electron chi connectivity index (χ4n) is 3.00. The summed E-state index contributed by atoms with van der Waals surface area (Å²) < 4.78 is 0. The lowest BCUT2D eigenvalue weighted by molar-refractivity contribution is 0.211. The maximum Gasteiger partial charge on any atom is 0.0110 e. The molecule has 1 aromatic carbocycles. The first-order valence-electron chi connectivity index (χ1n) is 7.01. The normalized spacial score (nSPS) is 28.9. The molecule has 2 atom stereocenters. The zero-order valence-electron chi connectivity index (χ0n) is 11.1. The van der Waals surface area contributed by atoms with Gasteiger partial charge in [-0.1, -0.05) is 18.2 Å². The average Bonchev–Trinajstić information content (AvgIpc) is 2.69. The molecule has 2 aliphatic rings. The van der Waals surface area contributed by atoms with Gasteiger partial charge in [0.05, 0.1) is 0 Å². The summed E-state index contributed by atoms with van der Waals surface area (Å²) in [5.74, 6) is 1.99. The number of thioether (sulfide) groups is 1. The van der Waals surface area contributed by atoms with E-state index < -0.39 is 0 Å². The Kier molecular flexibility index (Phi) is 3.92. The summed E-state index contributed by atoms with van der Waals surface area (Å²) in [6.07, 6.45) is 1.28. The van der Waals surface area contributed by atoms with Crippen LogP contribution in [0, 0.1) is 0 Å². The average molecular weight is 262 g/mol. The second-order valence-corrected chi connectivity index (χ2v) is 6.49.